The Morgan fingerprint density at radius 2 is 2.16 bits per heavy atom. The van der Waals surface area contributed by atoms with Crippen molar-refractivity contribution in [2.24, 2.45) is 7.05 Å². The largest absolute Gasteiger partial charge is 0.367 e. The maximum Gasteiger partial charge on any atom is 0.208 e. The number of hydrogen-bond donors (Lipinski definition) is 2. The molecule has 104 valence electrons. The lowest BCUT2D eigenvalue weighted by Crippen LogP contribution is -2.27. The van der Waals surface area contributed by atoms with Crippen LogP contribution in [0.1, 0.15) is 0 Å². The van der Waals surface area contributed by atoms with Gasteiger partial charge in [0.05, 0.1) is 11.8 Å². The predicted octanol–water partition coefficient (Wildman–Crippen LogP) is 1.30. The van der Waals surface area contributed by atoms with Gasteiger partial charge < -0.3 is 9.88 Å². The second kappa shape index (κ2) is 5.48. The van der Waals surface area contributed by atoms with E-state index in [0.29, 0.717) is 13.1 Å². The van der Waals surface area contributed by atoms with E-state index in [9.17, 15) is 8.42 Å². The summed E-state index contributed by atoms with van der Waals surface area (Å²) in [5.74, 6) is 0.737. The van der Waals surface area contributed by atoms with Crippen LogP contribution in [0.25, 0.3) is 10.9 Å². The van der Waals surface area contributed by atoms with Crippen LogP contribution in [0.3, 0.4) is 0 Å². The van der Waals surface area contributed by atoms with Crippen LogP contribution in [0, 0.1) is 0 Å². The zero-order valence-electron chi connectivity index (χ0n) is 10.6. The molecule has 0 fully saturated rings. The Labute approximate surface area is 120 Å². The van der Waals surface area contributed by atoms with Gasteiger partial charge in [0.25, 0.3) is 0 Å². The SMILES string of the molecule is Cn1cc(Br)c2ccnc(NCCNS(C)(=O)=O)c21. The average Bonchev–Trinajstić information content (AvgIpc) is 2.60. The van der Waals surface area contributed by atoms with E-state index in [0.717, 1.165) is 27.4 Å². The van der Waals surface area contributed by atoms with Crippen molar-refractivity contribution in [1.82, 2.24) is 14.3 Å². The molecule has 2 aromatic rings. The monoisotopic (exact) mass is 346 g/mol. The number of halogens is 1. The average molecular weight is 347 g/mol. The van der Waals surface area contributed by atoms with Crippen LogP contribution in [0.15, 0.2) is 22.9 Å². The third-order valence-electron chi connectivity index (χ3n) is 2.62. The minimum absolute atomic E-state index is 0.322. The molecule has 0 unspecified atom stereocenters. The molecule has 0 spiro atoms. The smallest absolute Gasteiger partial charge is 0.208 e. The maximum atomic E-state index is 10.9. The van der Waals surface area contributed by atoms with Crippen LogP contribution in [0.5, 0.6) is 0 Å². The Morgan fingerprint density at radius 3 is 2.84 bits per heavy atom. The predicted molar refractivity (Wildman–Crippen MR) is 79.8 cm³/mol. The summed E-state index contributed by atoms with van der Waals surface area (Å²) in [5, 5.41) is 4.20. The molecule has 19 heavy (non-hydrogen) atoms. The number of sulfonamides is 1. The molecule has 2 aromatic heterocycles. The zero-order chi connectivity index (χ0) is 14.0. The van der Waals surface area contributed by atoms with E-state index in [1.54, 1.807) is 6.20 Å². The van der Waals surface area contributed by atoms with Gasteiger partial charge in [0.2, 0.25) is 10.0 Å². The number of nitrogens with zero attached hydrogens (tertiary/aromatic N) is 2. The van der Waals surface area contributed by atoms with Crippen molar-refractivity contribution in [3.05, 3.63) is 22.9 Å². The third kappa shape index (κ3) is 3.46. The first-order valence-electron chi connectivity index (χ1n) is 5.66. The summed E-state index contributed by atoms with van der Waals surface area (Å²) in [4.78, 5) is 4.29. The van der Waals surface area contributed by atoms with Crippen LogP contribution in [-0.2, 0) is 17.1 Å². The molecule has 2 N–H and O–H groups in total. The summed E-state index contributed by atoms with van der Waals surface area (Å²) >= 11 is 3.49. The normalized spacial score (nSPS) is 11.9. The van der Waals surface area contributed by atoms with Crippen LogP contribution < -0.4 is 10.0 Å². The lowest BCUT2D eigenvalue weighted by molar-refractivity contribution is 0.589. The third-order valence-corrected chi connectivity index (χ3v) is 3.98. The molecule has 0 saturated carbocycles. The lowest BCUT2D eigenvalue weighted by Gasteiger charge is -2.08. The van der Waals surface area contributed by atoms with Crippen LogP contribution >= 0.6 is 15.9 Å². The van der Waals surface area contributed by atoms with Crippen molar-refractivity contribution in [3.8, 4) is 0 Å². The second-order valence-corrected chi connectivity index (χ2v) is 6.92. The van der Waals surface area contributed by atoms with Crippen molar-refractivity contribution >= 4 is 42.7 Å². The topological polar surface area (TPSA) is 76.0 Å². The second-order valence-electron chi connectivity index (χ2n) is 4.24. The van der Waals surface area contributed by atoms with Crippen LogP contribution in [-0.4, -0.2) is 37.3 Å². The fourth-order valence-electron chi connectivity index (χ4n) is 1.85. The van der Waals surface area contributed by atoms with Gasteiger partial charge in [0.15, 0.2) is 5.82 Å². The number of aryl methyl sites for hydroxylation is 1. The number of anilines is 1. The molecule has 0 aromatic carbocycles. The molecule has 0 aliphatic rings. The van der Waals surface area contributed by atoms with Gasteiger partial charge in [-0.1, -0.05) is 0 Å². The molecule has 8 heteroatoms. The molecule has 0 amide bonds. The summed E-state index contributed by atoms with van der Waals surface area (Å²) < 4.78 is 27.3. The van der Waals surface area contributed by atoms with Crippen molar-refractivity contribution in [2.75, 3.05) is 24.7 Å². The summed E-state index contributed by atoms with van der Waals surface area (Å²) in [7, 11) is -1.21. The number of rotatable bonds is 5. The molecule has 0 aliphatic heterocycles. The molecule has 2 heterocycles. The van der Waals surface area contributed by atoms with Crippen LogP contribution in [0.4, 0.5) is 5.82 Å². The van der Waals surface area contributed by atoms with E-state index in [-0.39, 0.29) is 0 Å². The zero-order valence-corrected chi connectivity index (χ0v) is 13.0. The number of nitrogens with one attached hydrogen (secondary N) is 2. The molecule has 0 atom stereocenters. The number of pyridine rings is 1. The number of hydrogen-bond acceptors (Lipinski definition) is 4. The molecule has 6 nitrogen and oxygen atoms in total. The van der Waals surface area contributed by atoms with Gasteiger partial charge in [-0.3, -0.25) is 0 Å². The first kappa shape index (κ1) is 14.3. The summed E-state index contributed by atoms with van der Waals surface area (Å²) in [6.07, 6.45) is 4.83. The van der Waals surface area contributed by atoms with Gasteiger partial charge in [-0.05, 0) is 22.0 Å². The molecule has 2 rings (SSSR count). The Morgan fingerprint density at radius 1 is 1.42 bits per heavy atom. The van der Waals surface area contributed by atoms with Gasteiger partial charge in [-0.15, -0.1) is 0 Å². The molecule has 0 radical (unpaired) electrons. The van der Waals surface area contributed by atoms with Crippen molar-refractivity contribution in [2.45, 2.75) is 0 Å². The minimum atomic E-state index is -3.15. The fourth-order valence-corrected chi connectivity index (χ4v) is 2.95. The van der Waals surface area contributed by atoms with Gasteiger partial charge in [-0.2, -0.15) is 0 Å². The van der Waals surface area contributed by atoms with E-state index in [1.807, 2.05) is 23.9 Å². The summed E-state index contributed by atoms with van der Waals surface area (Å²) in [6.45, 7) is 0.796. The van der Waals surface area contributed by atoms with Crippen molar-refractivity contribution in [3.63, 3.8) is 0 Å². The highest BCUT2D eigenvalue weighted by Crippen LogP contribution is 2.29. The van der Waals surface area contributed by atoms with E-state index >= 15 is 0 Å². The Balaban J connectivity index is 2.13. The van der Waals surface area contributed by atoms with Gasteiger partial charge in [-0.25, -0.2) is 18.1 Å². The van der Waals surface area contributed by atoms with Crippen molar-refractivity contribution in [1.29, 1.82) is 0 Å². The summed E-state index contributed by atoms with van der Waals surface area (Å²) in [5.41, 5.74) is 0.980. The van der Waals surface area contributed by atoms with Gasteiger partial charge >= 0.3 is 0 Å². The van der Waals surface area contributed by atoms with E-state index in [4.69, 9.17) is 0 Å². The lowest BCUT2D eigenvalue weighted by atomic mass is 10.3. The quantitative estimate of drug-likeness (QED) is 0.800. The van der Waals surface area contributed by atoms with Gasteiger partial charge in [0, 0.05) is 42.4 Å². The molecule has 0 aliphatic carbocycles. The Bertz CT molecular complexity index is 696. The highest BCUT2D eigenvalue weighted by atomic mass is 79.9. The fraction of sp³-hybridized carbons (Fsp3) is 0.364. The number of fused-ring (bicyclic) bond motifs is 1. The first-order valence-corrected chi connectivity index (χ1v) is 8.35. The number of aromatic nitrogens is 2. The van der Waals surface area contributed by atoms with Crippen LogP contribution in [0.2, 0.25) is 0 Å². The van der Waals surface area contributed by atoms with Crippen molar-refractivity contribution < 1.29 is 8.42 Å². The standard InChI is InChI=1S/C11H15BrN4O2S/c1-16-7-9(12)8-3-4-13-11(10(8)16)14-5-6-15-19(2,17)18/h3-4,7,15H,5-6H2,1-2H3,(H,13,14). The molecule has 0 bridgehead atoms. The first-order chi connectivity index (χ1) is 8.88. The molecular weight excluding hydrogens is 332 g/mol. The van der Waals surface area contributed by atoms with E-state index in [1.165, 1.54) is 0 Å². The Kier molecular flexibility index (Phi) is 4.12. The van der Waals surface area contributed by atoms with E-state index in [2.05, 4.69) is 31.0 Å². The summed E-state index contributed by atoms with van der Waals surface area (Å²) in [6, 6.07) is 1.93. The highest BCUT2D eigenvalue weighted by molar-refractivity contribution is 9.10. The van der Waals surface area contributed by atoms with Gasteiger partial charge in [0.1, 0.15) is 0 Å². The highest BCUT2D eigenvalue weighted by Gasteiger charge is 2.09. The maximum absolute atomic E-state index is 10.9. The molecular formula is C11H15BrN4O2S. The Hall–Kier alpha value is -1.12. The van der Waals surface area contributed by atoms with E-state index < -0.39 is 10.0 Å². The molecule has 0 saturated heterocycles. The minimum Gasteiger partial charge on any atom is -0.367 e.